The van der Waals surface area contributed by atoms with E-state index < -0.39 is 6.10 Å². The molecule has 11 heteroatoms. The van der Waals surface area contributed by atoms with Gasteiger partial charge in [-0.05, 0) is 30.5 Å². The Kier molecular flexibility index (Phi) is 9.19. The summed E-state index contributed by atoms with van der Waals surface area (Å²) in [6.07, 6.45) is 1.73. The van der Waals surface area contributed by atoms with E-state index in [1.807, 2.05) is 30.3 Å². The number of rotatable bonds is 10. The Morgan fingerprint density at radius 1 is 1.36 bits per heavy atom. The zero-order chi connectivity index (χ0) is 25.7. The molecule has 0 aromatic heterocycles. The Labute approximate surface area is 218 Å². The number of aliphatic hydroxyl groups excluding tert-OH is 2. The summed E-state index contributed by atoms with van der Waals surface area (Å²) in [6.45, 7) is 5.56. The van der Waals surface area contributed by atoms with Gasteiger partial charge in [-0.15, -0.1) is 0 Å². The summed E-state index contributed by atoms with van der Waals surface area (Å²) < 4.78 is 5.27. The van der Waals surface area contributed by atoms with E-state index in [-0.39, 0.29) is 24.7 Å². The standard InChI is InChI=1S/C25H38ClN7O3/c1-4-5-20-23-24(32(2)31-20)25(28-12-16-6-7-21(36-3)19(26)10-16)30-22(29-23)14-33-9-8-27-17(13-33)11-18(35)15-34/h6-7,10,17-18,23-24,27,34-35H,4-5,8-9,11-15H2,1-3H3,(H,28,29,30). The van der Waals surface area contributed by atoms with Gasteiger partial charge >= 0.3 is 0 Å². The van der Waals surface area contributed by atoms with E-state index in [2.05, 4.69) is 22.5 Å². The molecule has 3 heterocycles. The highest BCUT2D eigenvalue weighted by atomic mass is 35.5. The number of aliphatic hydroxyl groups is 2. The van der Waals surface area contributed by atoms with Crippen molar-refractivity contribution in [2.75, 3.05) is 46.9 Å². The van der Waals surface area contributed by atoms with Gasteiger partial charge in [-0.3, -0.25) is 19.9 Å². The van der Waals surface area contributed by atoms with Crippen molar-refractivity contribution in [1.29, 1.82) is 0 Å². The number of piperazine rings is 1. The van der Waals surface area contributed by atoms with Crippen molar-refractivity contribution in [3.05, 3.63) is 28.8 Å². The molecule has 4 N–H and O–H groups in total. The smallest absolute Gasteiger partial charge is 0.137 e. The summed E-state index contributed by atoms with van der Waals surface area (Å²) >= 11 is 6.33. The molecule has 1 saturated heterocycles. The molecule has 0 bridgehead atoms. The number of hydrogen-bond donors (Lipinski definition) is 4. The van der Waals surface area contributed by atoms with Gasteiger partial charge in [0.1, 0.15) is 29.5 Å². The molecule has 1 fully saturated rings. The number of nitrogens with one attached hydrogen (secondary N) is 2. The summed E-state index contributed by atoms with van der Waals surface area (Å²) in [4.78, 5) is 12.4. The SMILES string of the molecule is CCCC1=NN(C)C2C(=NCc3ccc(OC)c(Cl)c3)NC(CN3CCNC(CC(O)CO)C3)=NC12. The molecule has 198 valence electrons. The molecule has 3 aliphatic heterocycles. The number of nitrogens with zero attached hydrogens (tertiary/aromatic N) is 5. The largest absolute Gasteiger partial charge is 0.495 e. The van der Waals surface area contributed by atoms with Crippen molar-refractivity contribution < 1.29 is 14.9 Å². The first-order valence-electron chi connectivity index (χ1n) is 12.7. The highest BCUT2D eigenvalue weighted by molar-refractivity contribution is 6.32. The molecule has 1 aromatic rings. The van der Waals surface area contributed by atoms with Crippen LogP contribution < -0.4 is 15.4 Å². The molecule has 3 aliphatic rings. The molecule has 0 spiro atoms. The van der Waals surface area contributed by atoms with Crippen LogP contribution in [-0.2, 0) is 6.54 Å². The maximum absolute atomic E-state index is 9.87. The molecule has 0 saturated carbocycles. The highest BCUT2D eigenvalue weighted by Gasteiger charge is 2.42. The molecule has 4 unspecified atom stereocenters. The van der Waals surface area contributed by atoms with E-state index >= 15 is 0 Å². The van der Waals surface area contributed by atoms with E-state index in [9.17, 15) is 10.2 Å². The maximum atomic E-state index is 9.87. The molecule has 4 rings (SSSR count). The van der Waals surface area contributed by atoms with Crippen LogP contribution in [0.3, 0.4) is 0 Å². The average molecular weight is 520 g/mol. The number of halogens is 1. The van der Waals surface area contributed by atoms with Gasteiger partial charge < -0.3 is 25.6 Å². The molecule has 1 aromatic carbocycles. The first-order valence-corrected chi connectivity index (χ1v) is 13.0. The number of fused-ring (bicyclic) bond motifs is 1. The molecule has 36 heavy (non-hydrogen) atoms. The van der Waals surface area contributed by atoms with Gasteiger partial charge in [0.25, 0.3) is 0 Å². The topological polar surface area (TPSA) is 117 Å². The van der Waals surface area contributed by atoms with Crippen LogP contribution in [-0.4, -0.2) is 109 Å². The van der Waals surface area contributed by atoms with Crippen LogP contribution in [0.1, 0.15) is 31.7 Å². The number of hydrogen-bond acceptors (Lipinski definition) is 9. The first-order chi connectivity index (χ1) is 17.4. The Hall–Kier alpha value is -2.24. The third-order valence-electron chi connectivity index (χ3n) is 6.81. The van der Waals surface area contributed by atoms with Crippen molar-refractivity contribution in [2.24, 2.45) is 15.1 Å². The van der Waals surface area contributed by atoms with E-state index in [1.54, 1.807) is 7.11 Å². The van der Waals surface area contributed by atoms with Crippen molar-refractivity contribution in [3.63, 3.8) is 0 Å². The molecule has 10 nitrogen and oxygen atoms in total. The zero-order valence-corrected chi connectivity index (χ0v) is 22.1. The second-order valence-electron chi connectivity index (χ2n) is 9.63. The molecule has 0 amide bonds. The second-order valence-corrected chi connectivity index (χ2v) is 10.0. The molecule has 0 radical (unpaired) electrons. The number of methoxy groups -OCH3 is 1. The van der Waals surface area contributed by atoms with Crippen LogP contribution >= 0.6 is 11.6 Å². The van der Waals surface area contributed by atoms with Crippen LogP contribution in [0.5, 0.6) is 5.75 Å². The highest BCUT2D eigenvalue weighted by Crippen LogP contribution is 2.27. The lowest BCUT2D eigenvalue weighted by molar-refractivity contribution is 0.0692. The van der Waals surface area contributed by atoms with E-state index in [4.69, 9.17) is 31.4 Å². The lowest BCUT2D eigenvalue weighted by atomic mass is 9.98. The number of likely N-dealkylation sites (N-methyl/N-ethyl adjacent to an activating group) is 1. The summed E-state index contributed by atoms with van der Waals surface area (Å²) in [5.41, 5.74) is 2.09. The Morgan fingerprint density at radius 3 is 2.92 bits per heavy atom. The Balaban J connectivity index is 1.52. The predicted octanol–water partition coefficient (Wildman–Crippen LogP) is 1.10. The quantitative estimate of drug-likeness (QED) is 0.366. The van der Waals surface area contributed by atoms with Gasteiger partial charge in [-0.25, -0.2) is 0 Å². The van der Waals surface area contributed by atoms with Crippen molar-refractivity contribution >= 4 is 29.0 Å². The average Bonchev–Trinajstić information content (AvgIpc) is 3.18. The predicted molar refractivity (Wildman–Crippen MR) is 143 cm³/mol. The lowest BCUT2D eigenvalue weighted by Gasteiger charge is -2.36. The minimum absolute atomic E-state index is 0.0560. The third-order valence-corrected chi connectivity index (χ3v) is 7.11. The molecular formula is C25H38ClN7O3. The summed E-state index contributed by atoms with van der Waals surface area (Å²) in [6, 6.07) is 5.74. The third kappa shape index (κ3) is 6.36. The van der Waals surface area contributed by atoms with Crippen molar-refractivity contribution in [1.82, 2.24) is 20.5 Å². The lowest BCUT2D eigenvalue weighted by Crippen LogP contribution is -2.58. The normalized spacial score (nSPS) is 26.3. The number of amidine groups is 2. The Morgan fingerprint density at radius 2 is 2.19 bits per heavy atom. The maximum Gasteiger partial charge on any atom is 0.137 e. The monoisotopic (exact) mass is 519 g/mol. The van der Waals surface area contributed by atoms with Crippen molar-refractivity contribution in [3.8, 4) is 5.75 Å². The number of hydrazone groups is 1. The molecule has 4 atom stereocenters. The molecule has 0 aliphatic carbocycles. The minimum atomic E-state index is -0.708. The van der Waals surface area contributed by atoms with Crippen LogP contribution in [0.4, 0.5) is 0 Å². The van der Waals surface area contributed by atoms with Gasteiger partial charge in [0.15, 0.2) is 0 Å². The summed E-state index contributed by atoms with van der Waals surface area (Å²) in [5.74, 6) is 2.38. The van der Waals surface area contributed by atoms with Gasteiger partial charge in [0.2, 0.25) is 0 Å². The second kappa shape index (κ2) is 12.3. The van der Waals surface area contributed by atoms with Gasteiger partial charge in [-0.1, -0.05) is 31.0 Å². The summed E-state index contributed by atoms with van der Waals surface area (Å²) in [5, 5.41) is 33.4. The Bertz CT molecular complexity index is 1000. The van der Waals surface area contributed by atoms with Crippen LogP contribution in [0.25, 0.3) is 0 Å². The van der Waals surface area contributed by atoms with Gasteiger partial charge in [-0.2, -0.15) is 5.10 Å². The first kappa shape index (κ1) is 26.8. The fourth-order valence-electron chi connectivity index (χ4n) is 5.07. The number of ether oxygens (including phenoxy) is 1. The van der Waals surface area contributed by atoms with Crippen LogP contribution in [0.2, 0.25) is 5.02 Å². The fraction of sp³-hybridized carbons (Fsp3) is 0.640. The van der Waals surface area contributed by atoms with E-state index in [1.165, 1.54) is 0 Å². The number of benzene rings is 1. The van der Waals surface area contributed by atoms with Crippen LogP contribution in [0, 0.1) is 0 Å². The van der Waals surface area contributed by atoms with Crippen molar-refractivity contribution in [2.45, 2.75) is 57.0 Å². The van der Waals surface area contributed by atoms with Crippen LogP contribution in [0.15, 0.2) is 33.3 Å². The van der Waals surface area contributed by atoms with E-state index in [0.29, 0.717) is 30.3 Å². The van der Waals surface area contributed by atoms with E-state index in [0.717, 1.165) is 55.4 Å². The number of aliphatic imine (C=N–C) groups is 2. The molecular weight excluding hydrogens is 482 g/mol. The van der Waals surface area contributed by atoms with Gasteiger partial charge in [0, 0.05) is 32.7 Å². The zero-order valence-electron chi connectivity index (χ0n) is 21.3. The fourth-order valence-corrected chi connectivity index (χ4v) is 5.35. The summed E-state index contributed by atoms with van der Waals surface area (Å²) in [7, 11) is 3.59. The van der Waals surface area contributed by atoms with Gasteiger partial charge in [0.05, 0.1) is 43.6 Å². The minimum Gasteiger partial charge on any atom is -0.495 e.